The standard InChI is InChI=1S/C12H10N2O5/c1-6(15)11-9-5-8(14(18)19)3-4-10(9)13(7(2)16)12(11)17/h3-5,17H,1-2H3. The number of hydrogen-bond acceptors (Lipinski definition) is 5. The number of hydrogen-bond donors (Lipinski definition) is 1. The van der Waals surface area contributed by atoms with Crippen LogP contribution >= 0.6 is 0 Å². The Bertz CT molecular complexity index is 729. The summed E-state index contributed by atoms with van der Waals surface area (Å²) in [6.07, 6.45) is 0. The fourth-order valence-corrected chi connectivity index (χ4v) is 2.05. The van der Waals surface area contributed by atoms with Crippen LogP contribution in [-0.4, -0.2) is 26.3 Å². The number of benzene rings is 1. The van der Waals surface area contributed by atoms with E-state index in [1.807, 2.05) is 0 Å². The Morgan fingerprint density at radius 1 is 1.32 bits per heavy atom. The first-order chi connectivity index (χ1) is 8.84. The minimum absolute atomic E-state index is 0.0890. The van der Waals surface area contributed by atoms with Gasteiger partial charge >= 0.3 is 0 Å². The molecule has 0 saturated heterocycles. The zero-order valence-corrected chi connectivity index (χ0v) is 10.2. The minimum Gasteiger partial charge on any atom is -0.494 e. The second-order valence-electron chi connectivity index (χ2n) is 4.07. The van der Waals surface area contributed by atoms with Gasteiger partial charge in [-0.1, -0.05) is 0 Å². The third-order valence-corrected chi connectivity index (χ3v) is 2.80. The monoisotopic (exact) mass is 262 g/mol. The highest BCUT2D eigenvalue weighted by Gasteiger charge is 2.23. The molecule has 19 heavy (non-hydrogen) atoms. The molecule has 0 aliphatic carbocycles. The Morgan fingerprint density at radius 3 is 2.42 bits per heavy atom. The fourth-order valence-electron chi connectivity index (χ4n) is 2.05. The van der Waals surface area contributed by atoms with Gasteiger partial charge in [0.1, 0.15) is 0 Å². The molecule has 7 heteroatoms. The summed E-state index contributed by atoms with van der Waals surface area (Å²) in [5.41, 5.74) is -0.0367. The van der Waals surface area contributed by atoms with E-state index < -0.39 is 22.5 Å². The predicted octanol–water partition coefficient (Wildman–Crippen LogP) is 2.12. The molecule has 0 amide bonds. The summed E-state index contributed by atoms with van der Waals surface area (Å²) in [5.74, 6) is -1.44. The number of carbonyl (C=O) groups is 2. The highest BCUT2D eigenvalue weighted by molar-refractivity contribution is 6.12. The summed E-state index contributed by atoms with van der Waals surface area (Å²) in [4.78, 5) is 33.2. The number of nitro groups is 1. The summed E-state index contributed by atoms with van der Waals surface area (Å²) in [6, 6.07) is 3.72. The van der Waals surface area contributed by atoms with Gasteiger partial charge in [0, 0.05) is 24.4 Å². The predicted molar refractivity (Wildman–Crippen MR) is 66.6 cm³/mol. The maximum absolute atomic E-state index is 11.5. The summed E-state index contributed by atoms with van der Waals surface area (Å²) < 4.78 is 0.954. The topological polar surface area (TPSA) is 102 Å². The van der Waals surface area contributed by atoms with Crippen molar-refractivity contribution in [2.24, 2.45) is 0 Å². The SMILES string of the molecule is CC(=O)c1c(O)n(C(C)=O)c2ccc([N+](=O)[O-])cc12. The van der Waals surface area contributed by atoms with Gasteiger partial charge < -0.3 is 5.11 Å². The average molecular weight is 262 g/mol. The van der Waals surface area contributed by atoms with Crippen LogP contribution in [0, 0.1) is 10.1 Å². The molecule has 0 atom stereocenters. The molecule has 1 N–H and O–H groups in total. The lowest BCUT2D eigenvalue weighted by Crippen LogP contribution is -2.04. The van der Waals surface area contributed by atoms with Gasteiger partial charge in [-0.05, 0) is 13.0 Å². The maximum atomic E-state index is 11.5. The number of carbonyl (C=O) groups excluding carboxylic acids is 2. The molecular weight excluding hydrogens is 252 g/mol. The van der Waals surface area contributed by atoms with Crippen molar-refractivity contribution in [2.45, 2.75) is 13.8 Å². The van der Waals surface area contributed by atoms with Gasteiger partial charge in [0.15, 0.2) is 5.78 Å². The molecule has 7 nitrogen and oxygen atoms in total. The van der Waals surface area contributed by atoms with Crippen molar-refractivity contribution in [2.75, 3.05) is 0 Å². The molecule has 0 fully saturated rings. The van der Waals surface area contributed by atoms with E-state index in [1.165, 1.54) is 32.0 Å². The number of aromatic hydroxyl groups is 1. The molecule has 1 aromatic carbocycles. The van der Waals surface area contributed by atoms with E-state index in [1.54, 1.807) is 0 Å². The van der Waals surface area contributed by atoms with Gasteiger partial charge in [-0.3, -0.25) is 24.3 Å². The maximum Gasteiger partial charge on any atom is 0.270 e. The number of nitrogens with zero attached hydrogens (tertiary/aromatic N) is 2. The fraction of sp³-hybridized carbons (Fsp3) is 0.167. The Labute approximate surface area is 107 Å². The Hall–Kier alpha value is -2.70. The normalized spacial score (nSPS) is 10.6. The molecule has 1 heterocycles. The summed E-state index contributed by atoms with van der Waals surface area (Å²) in [5, 5.41) is 20.9. The van der Waals surface area contributed by atoms with E-state index in [4.69, 9.17) is 0 Å². The van der Waals surface area contributed by atoms with Crippen molar-refractivity contribution in [1.29, 1.82) is 0 Å². The Morgan fingerprint density at radius 2 is 1.95 bits per heavy atom. The molecule has 2 aromatic rings. The number of rotatable bonds is 2. The van der Waals surface area contributed by atoms with E-state index >= 15 is 0 Å². The van der Waals surface area contributed by atoms with Gasteiger partial charge in [-0.25, -0.2) is 0 Å². The van der Waals surface area contributed by atoms with Gasteiger partial charge in [-0.15, -0.1) is 0 Å². The molecule has 0 aliphatic rings. The lowest BCUT2D eigenvalue weighted by molar-refractivity contribution is -0.384. The smallest absolute Gasteiger partial charge is 0.270 e. The largest absolute Gasteiger partial charge is 0.494 e. The van der Waals surface area contributed by atoms with E-state index in [0.29, 0.717) is 0 Å². The van der Waals surface area contributed by atoms with Crippen molar-refractivity contribution in [3.63, 3.8) is 0 Å². The quantitative estimate of drug-likeness (QED) is 0.507. The Kier molecular flexibility index (Phi) is 2.82. The zero-order chi connectivity index (χ0) is 14.3. The third-order valence-electron chi connectivity index (χ3n) is 2.80. The highest BCUT2D eigenvalue weighted by Crippen LogP contribution is 2.33. The van der Waals surface area contributed by atoms with Gasteiger partial charge in [0.25, 0.3) is 5.69 Å². The van der Waals surface area contributed by atoms with Gasteiger partial charge in [0.05, 0.1) is 16.0 Å². The number of non-ortho nitro benzene ring substituents is 1. The highest BCUT2D eigenvalue weighted by atomic mass is 16.6. The van der Waals surface area contributed by atoms with Crippen molar-refractivity contribution < 1.29 is 19.6 Å². The lowest BCUT2D eigenvalue weighted by atomic mass is 10.1. The molecular formula is C12H10N2O5. The lowest BCUT2D eigenvalue weighted by Gasteiger charge is -2.00. The summed E-state index contributed by atoms with van der Waals surface area (Å²) in [7, 11) is 0. The van der Waals surface area contributed by atoms with Crippen LogP contribution in [0.15, 0.2) is 18.2 Å². The van der Waals surface area contributed by atoms with Crippen molar-refractivity contribution >= 4 is 28.3 Å². The van der Waals surface area contributed by atoms with Crippen LogP contribution in [0.5, 0.6) is 5.88 Å². The minimum atomic E-state index is -0.606. The molecule has 1 aromatic heterocycles. The average Bonchev–Trinajstić information content (AvgIpc) is 2.59. The summed E-state index contributed by atoms with van der Waals surface area (Å²) in [6.45, 7) is 2.45. The molecule has 0 unspecified atom stereocenters. The number of ketones is 1. The van der Waals surface area contributed by atoms with Crippen LogP contribution in [0.25, 0.3) is 10.9 Å². The molecule has 0 bridgehead atoms. The molecule has 2 rings (SSSR count). The first-order valence-corrected chi connectivity index (χ1v) is 5.38. The number of nitro benzene ring substituents is 1. The first-order valence-electron chi connectivity index (χ1n) is 5.38. The van der Waals surface area contributed by atoms with Crippen LogP contribution < -0.4 is 0 Å². The van der Waals surface area contributed by atoms with Crippen LogP contribution in [-0.2, 0) is 0 Å². The molecule has 98 valence electrons. The number of aromatic nitrogens is 1. The van der Waals surface area contributed by atoms with Crippen LogP contribution in [0.1, 0.15) is 29.0 Å². The molecule has 0 spiro atoms. The van der Waals surface area contributed by atoms with E-state index in [2.05, 4.69) is 0 Å². The van der Waals surface area contributed by atoms with Crippen LogP contribution in [0.2, 0.25) is 0 Å². The first kappa shape index (κ1) is 12.7. The van der Waals surface area contributed by atoms with E-state index in [9.17, 15) is 24.8 Å². The number of fused-ring (bicyclic) bond motifs is 1. The second kappa shape index (κ2) is 4.20. The van der Waals surface area contributed by atoms with Crippen molar-refractivity contribution in [3.05, 3.63) is 33.9 Å². The van der Waals surface area contributed by atoms with Crippen molar-refractivity contribution in [3.8, 4) is 5.88 Å². The van der Waals surface area contributed by atoms with Crippen molar-refractivity contribution in [1.82, 2.24) is 4.57 Å². The van der Waals surface area contributed by atoms with Gasteiger partial charge in [0.2, 0.25) is 11.8 Å². The Balaban J connectivity index is 2.94. The third kappa shape index (κ3) is 1.85. The van der Waals surface area contributed by atoms with Gasteiger partial charge in [-0.2, -0.15) is 0 Å². The van der Waals surface area contributed by atoms with E-state index in [-0.39, 0.29) is 22.2 Å². The molecule has 0 radical (unpaired) electrons. The van der Waals surface area contributed by atoms with Crippen LogP contribution in [0.3, 0.4) is 0 Å². The van der Waals surface area contributed by atoms with E-state index in [0.717, 1.165) is 4.57 Å². The zero-order valence-electron chi connectivity index (χ0n) is 10.2. The number of Topliss-reactive ketones (excluding diaryl/α,β-unsaturated/α-hetero) is 1. The summed E-state index contributed by atoms with van der Waals surface area (Å²) >= 11 is 0. The second-order valence-corrected chi connectivity index (χ2v) is 4.07. The van der Waals surface area contributed by atoms with Crippen LogP contribution in [0.4, 0.5) is 5.69 Å². The molecule has 0 aliphatic heterocycles. The molecule has 0 saturated carbocycles.